The summed E-state index contributed by atoms with van der Waals surface area (Å²) in [5, 5.41) is 9.25. The summed E-state index contributed by atoms with van der Waals surface area (Å²) in [6.07, 6.45) is 0. The Labute approximate surface area is 324 Å². The quantitative estimate of drug-likeness (QED) is 0.136. The zero-order valence-electron chi connectivity index (χ0n) is 31.4. The second-order valence-electron chi connectivity index (χ2n) is 14.2. The molecule has 0 radical (unpaired) electrons. The third-order valence-electron chi connectivity index (χ3n) is 10.5. The van der Waals surface area contributed by atoms with Gasteiger partial charge in [-0.2, -0.15) is 0 Å². The van der Waals surface area contributed by atoms with Crippen LogP contribution in [0.4, 0.5) is 34.1 Å². The molecule has 0 bridgehead atoms. The molecule has 2 aliphatic heterocycles. The maximum absolute atomic E-state index is 13.0. The molecule has 0 spiro atoms. The predicted octanol–water partition coefficient (Wildman–Crippen LogP) is 11.7. The van der Waals surface area contributed by atoms with Gasteiger partial charge >= 0.3 is 0 Å². The van der Waals surface area contributed by atoms with E-state index in [1.54, 1.807) is 0 Å². The molecule has 2 aromatic heterocycles. The van der Waals surface area contributed by atoms with Gasteiger partial charge in [0, 0.05) is 44.3 Å². The second-order valence-corrected chi connectivity index (χ2v) is 14.2. The molecule has 4 N–H and O–H groups in total. The lowest BCUT2D eigenvalue weighted by molar-refractivity contribution is 0.106. The number of benzene rings is 6. The van der Waals surface area contributed by atoms with E-state index in [0.717, 1.165) is 89.6 Å². The first kappa shape index (κ1) is 34.4. The fourth-order valence-corrected chi connectivity index (χ4v) is 7.63. The Morgan fingerprint density at radius 3 is 1.16 bits per heavy atom. The van der Waals surface area contributed by atoms with E-state index >= 15 is 0 Å². The van der Waals surface area contributed by atoms with Crippen LogP contribution in [-0.2, 0) is 0 Å². The molecule has 56 heavy (non-hydrogen) atoms. The predicted molar refractivity (Wildman–Crippen MR) is 229 cm³/mol. The standard InChI is InChI=1S/2C24H19N3O/c2*1-14-8-7-9-15(2)20(14)27-21-16-10-3-5-12-18(16)25-22(21)23-24(28)17-11-4-6-13-19(17)26-23/h2*3-13,25,27H,1-2H3. The van der Waals surface area contributed by atoms with Gasteiger partial charge in [0.1, 0.15) is 11.4 Å². The van der Waals surface area contributed by atoms with Crippen molar-refractivity contribution >= 4 is 78.9 Å². The molecular weight excluding hydrogens is 693 g/mol. The van der Waals surface area contributed by atoms with Crippen molar-refractivity contribution in [1.29, 1.82) is 0 Å². The van der Waals surface area contributed by atoms with Crippen molar-refractivity contribution in [2.45, 2.75) is 27.7 Å². The van der Waals surface area contributed by atoms with Gasteiger partial charge in [-0.15, -0.1) is 0 Å². The Kier molecular flexibility index (Phi) is 8.51. The summed E-state index contributed by atoms with van der Waals surface area (Å²) in [7, 11) is 0. The van der Waals surface area contributed by atoms with Crippen molar-refractivity contribution in [3.05, 3.63) is 178 Å². The van der Waals surface area contributed by atoms with Gasteiger partial charge < -0.3 is 20.6 Å². The number of anilines is 4. The van der Waals surface area contributed by atoms with Gasteiger partial charge in [0.25, 0.3) is 0 Å². The van der Waals surface area contributed by atoms with Gasteiger partial charge in [0.2, 0.25) is 11.6 Å². The average molecular weight is 731 g/mol. The highest BCUT2D eigenvalue weighted by atomic mass is 16.1. The lowest BCUT2D eigenvalue weighted by Crippen LogP contribution is -2.13. The normalized spacial score (nSPS) is 12.9. The largest absolute Gasteiger partial charge is 0.353 e. The Morgan fingerprint density at radius 1 is 0.411 bits per heavy atom. The molecule has 2 aliphatic rings. The van der Waals surface area contributed by atoms with Crippen LogP contribution in [-0.4, -0.2) is 33.0 Å². The first-order chi connectivity index (χ1) is 27.3. The lowest BCUT2D eigenvalue weighted by Gasteiger charge is -2.13. The number of nitrogens with one attached hydrogen (secondary N) is 4. The lowest BCUT2D eigenvalue weighted by atomic mass is 10.0. The number of carbonyl (C=O) groups is 2. The van der Waals surface area contributed by atoms with E-state index in [2.05, 4.69) is 94.7 Å². The van der Waals surface area contributed by atoms with Crippen molar-refractivity contribution in [1.82, 2.24) is 9.97 Å². The van der Waals surface area contributed by atoms with Gasteiger partial charge in [0.15, 0.2) is 0 Å². The number of fused-ring (bicyclic) bond motifs is 4. The van der Waals surface area contributed by atoms with Crippen LogP contribution >= 0.6 is 0 Å². The van der Waals surface area contributed by atoms with Crippen molar-refractivity contribution in [2.24, 2.45) is 9.98 Å². The summed E-state index contributed by atoms with van der Waals surface area (Å²) in [6, 6.07) is 43.5. The Hall–Kier alpha value is -7.32. The smallest absolute Gasteiger partial charge is 0.215 e. The number of para-hydroxylation sites is 6. The van der Waals surface area contributed by atoms with Crippen LogP contribution in [0.15, 0.2) is 143 Å². The molecule has 0 unspecified atom stereocenters. The van der Waals surface area contributed by atoms with Crippen LogP contribution in [0.25, 0.3) is 21.8 Å². The summed E-state index contributed by atoms with van der Waals surface area (Å²) in [6.45, 7) is 8.33. The Morgan fingerprint density at radius 2 is 0.768 bits per heavy atom. The number of ketones is 2. The van der Waals surface area contributed by atoms with E-state index in [9.17, 15) is 9.59 Å². The fraction of sp³-hybridized carbons (Fsp3) is 0.0833. The van der Waals surface area contributed by atoms with Crippen molar-refractivity contribution < 1.29 is 9.59 Å². The summed E-state index contributed by atoms with van der Waals surface area (Å²) >= 11 is 0. The summed E-state index contributed by atoms with van der Waals surface area (Å²) in [5.41, 5.74) is 15.5. The number of nitrogens with zero attached hydrogens (tertiary/aromatic N) is 2. The first-order valence-corrected chi connectivity index (χ1v) is 18.6. The van der Waals surface area contributed by atoms with Crippen LogP contribution in [0, 0.1) is 27.7 Å². The van der Waals surface area contributed by atoms with Crippen LogP contribution in [0.5, 0.6) is 0 Å². The third-order valence-corrected chi connectivity index (χ3v) is 10.5. The monoisotopic (exact) mass is 730 g/mol. The van der Waals surface area contributed by atoms with Gasteiger partial charge in [-0.3, -0.25) is 9.59 Å². The van der Waals surface area contributed by atoms with Gasteiger partial charge in [-0.05, 0) is 86.3 Å². The Bertz CT molecular complexity index is 2720. The number of carbonyl (C=O) groups excluding carboxylic acids is 2. The number of aromatic nitrogens is 2. The highest BCUT2D eigenvalue weighted by molar-refractivity contribution is 6.56. The minimum Gasteiger partial charge on any atom is -0.353 e. The number of aryl methyl sites for hydroxylation is 4. The number of hydrogen-bond acceptors (Lipinski definition) is 6. The van der Waals surface area contributed by atoms with Crippen LogP contribution < -0.4 is 10.6 Å². The van der Waals surface area contributed by atoms with Crippen LogP contribution in [0.3, 0.4) is 0 Å². The van der Waals surface area contributed by atoms with E-state index in [1.807, 2.05) is 97.1 Å². The number of rotatable bonds is 6. The molecule has 0 aliphatic carbocycles. The molecule has 6 aromatic carbocycles. The molecular formula is C48H38N6O2. The fourth-order valence-electron chi connectivity index (χ4n) is 7.63. The molecule has 0 saturated carbocycles. The number of aromatic amines is 2. The molecule has 10 rings (SSSR count). The van der Waals surface area contributed by atoms with Crippen LogP contribution in [0.2, 0.25) is 0 Å². The molecule has 8 nitrogen and oxygen atoms in total. The highest BCUT2D eigenvalue weighted by Gasteiger charge is 2.31. The molecule has 0 amide bonds. The van der Waals surface area contributed by atoms with E-state index in [0.29, 0.717) is 22.6 Å². The van der Waals surface area contributed by atoms with E-state index in [-0.39, 0.29) is 11.6 Å². The first-order valence-electron chi connectivity index (χ1n) is 18.6. The molecule has 0 atom stereocenters. The maximum atomic E-state index is 13.0. The summed E-state index contributed by atoms with van der Waals surface area (Å²) in [5.74, 6) is -0.0987. The van der Waals surface area contributed by atoms with E-state index in [4.69, 9.17) is 0 Å². The molecule has 272 valence electrons. The number of H-pyrrole nitrogens is 2. The summed E-state index contributed by atoms with van der Waals surface area (Å²) in [4.78, 5) is 42.2. The molecule has 0 saturated heterocycles. The zero-order chi connectivity index (χ0) is 38.5. The van der Waals surface area contributed by atoms with Gasteiger partial charge in [0.05, 0.1) is 34.1 Å². The molecule has 8 heteroatoms. The van der Waals surface area contributed by atoms with Gasteiger partial charge in [-0.25, -0.2) is 9.98 Å². The number of hydrogen-bond donors (Lipinski definition) is 4. The Balaban J connectivity index is 0.000000146. The third kappa shape index (κ3) is 5.88. The van der Waals surface area contributed by atoms with E-state index < -0.39 is 0 Å². The van der Waals surface area contributed by atoms with E-state index in [1.165, 1.54) is 0 Å². The molecule has 8 aromatic rings. The SMILES string of the molecule is Cc1cccc(C)c1Nc1c(C2=Nc3ccccc3C2=O)[nH]c2ccccc12.Cc1cccc(C)c1Nc1c(C2=Nc3ccccc3C2=O)[nH]c2ccccc12. The molecule has 0 fully saturated rings. The molecule has 4 heterocycles. The summed E-state index contributed by atoms with van der Waals surface area (Å²) < 4.78 is 0. The van der Waals surface area contributed by atoms with Gasteiger partial charge in [-0.1, -0.05) is 97.1 Å². The van der Waals surface area contributed by atoms with Crippen LogP contribution in [0.1, 0.15) is 54.4 Å². The van der Waals surface area contributed by atoms with Crippen molar-refractivity contribution in [3.8, 4) is 0 Å². The average Bonchev–Trinajstić information content (AvgIpc) is 3.95. The minimum absolute atomic E-state index is 0.0493. The minimum atomic E-state index is -0.0493. The zero-order valence-corrected chi connectivity index (χ0v) is 31.4. The highest BCUT2D eigenvalue weighted by Crippen LogP contribution is 2.39. The number of Topliss-reactive ketones (excluding diaryl/α,β-unsaturated/α-hetero) is 2. The topological polar surface area (TPSA) is 114 Å². The van der Waals surface area contributed by atoms with Crippen molar-refractivity contribution in [2.75, 3.05) is 10.6 Å². The second kappa shape index (κ2) is 13.8. The maximum Gasteiger partial charge on any atom is 0.215 e. The van der Waals surface area contributed by atoms with Crippen molar-refractivity contribution in [3.63, 3.8) is 0 Å². The number of aliphatic imine (C=N–C) groups is 2.